The summed E-state index contributed by atoms with van der Waals surface area (Å²) in [6.45, 7) is 3.69. The monoisotopic (exact) mass is 271 g/mol. The summed E-state index contributed by atoms with van der Waals surface area (Å²) in [5, 5.41) is 15.5. The second-order valence-corrected chi connectivity index (χ2v) is 4.67. The predicted octanol–water partition coefficient (Wildman–Crippen LogP) is 0.698. The van der Waals surface area contributed by atoms with Crippen molar-refractivity contribution in [2.75, 3.05) is 7.05 Å². The molecule has 7 nitrogen and oxygen atoms in total. The number of amides is 1. The number of aromatic nitrogens is 2. The average Bonchev–Trinajstić information content (AvgIpc) is 2.83. The van der Waals surface area contributed by atoms with Crippen molar-refractivity contribution in [3.8, 4) is 0 Å². The van der Waals surface area contributed by atoms with Crippen molar-refractivity contribution in [1.82, 2.24) is 14.5 Å². The van der Waals surface area contributed by atoms with E-state index in [2.05, 4.69) is 14.7 Å². The van der Waals surface area contributed by atoms with Gasteiger partial charge in [0.15, 0.2) is 5.84 Å². The highest BCUT2D eigenvalue weighted by atomic mass is 32.1. The highest BCUT2D eigenvalue weighted by molar-refractivity contribution is 7.08. The number of oxime groups is 1. The van der Waals surface area contributed by atoms with Crippen molar-refractivity contribution in [2.24, 2.45) is 10.9 Å². The lowest BCUT2D eigenvalue weighted by Crippen LogP contribution is -2.43. The molecule has 3 N–H and O–H groups in total. The Morgan fingerprint density at radius 1 is 1.67 bits per heavy atom. The standard InChI is InChI=1S/C10H17N5O2S/c1-4-5-7-8(18-14-12-7)10(16)15(3)6(2)9(11)13-17/h6,17H,4-5H2,1-3H3,(H2,11,13). The van der Waals surface area contributed by atoms with Gasteiger partial charge in [0.2, 0.25) is 0 Å². The molecule has 0 saturated heterocycles. The first-order chi connectivity index (χ1) is 8.52. The zero-order chi connectivity index (χ0) is 13.7. The van der Waals surface area contributed by atoms with E-state index >= 15 is 0 Å². The van der Waals surface area contributed by atoms with Crippen LogP contribution in [0.1, 0.15) is 35.6 Å². The van der Waals surface area contributed by atoms with E-state index in [9.17, 15) is 4.79 Å². The van der Waals surface area contributed by atoms with Crippen LogP contribution in [0, 0.1) is 0 Å². The second-order valence-electron chi connectivity index (χ2n) is 3.92. The van der Waals surface area contributed by atoms with E-state index in [1.807, 2.05) is 6.92 Å². The van der Waals surface area contributed by atoms with Crippen molar-refractivity contribution in [3.63, 3.8) is 0 Å². The van der Waals surface area contributed by atoms with Crippen molar-refractivity contribution in [1.29, 1.82) is 0 Å². The Balaban J connectivity index is 2.89. The molecule has 0 radical (unpaired) electrons. The summed E-state index contributed by atoms with van der Waals surface area (Å²) in [5.74, 6) is -0.229. The summed E-state index contributed by atoms with van der Waals surface area (Å²) in [6.07, 6.45) is 1.61. The number of nitrogens with zero attached hydrogens (tertiary/aromatic N) is 4. The van der Waals surface area contributed by atoms with Crippen LogP contribution in [0.15, 0.2) is 5.16 Å². The molecule has 0 aromatic carbocycles. The number of hydrogen-bond acceptors (Lipinski definition) is 6. The van der Waals surface area contributed by atoms with Gasteiger partial charge in [-0.15, -0.1) is 5.10 Å². The summed E-state index contributed by atoms with van der Waals surface area (Å²) >= 11 is 1.07. The van der Waals surface area contributed by atoms with Crippen LogP contribution in [-0.4, -0.2) is 44.5 Å². The van der Waals surface area contributed by atoms with Crippen molar-refractivity contribution >= 4 is 23.3 Å². The summed E-state index contributed by atoms with van der Waals surface area (Å²) in [5.41, 5.74) is 6.18. The van der Waals surface area contributed by atoms with Gasteiger partial charge >= 0.3 is 0 Å². The molecule has 8 heteroatoms. The van der Waals surface area contributed by atoms with Gasteiger partial charge in [-0.3, -0.25) is 4.79 Å². The smallest absolute Gasteiger partial charge is 0.267 e. The Labute approximate surface area is 109 Å². The SMILES string of the molecule is CCCc1nnsc1C(=O)N(C)C(C)C(N)=NO. The predicted molar refractivity (Wildman–Crippen MR) is 68.9 cm³/mol. The lowest BCUT2D eigenvalue weighted by atomic mass is 10.2. The zero-order valence-electron chi connectivity index (χ0n) is 10.6. The molecule has 1 unspecified atom stereocenters. The summed E-state index contributed by atoms with van der Waals surface area (Å²) in [4.78, 5) is 14.1. The van der Waals surface area contributed by atoms with Gasteiger partial charge in [-0.25, -0.2) is 0 Å². The van der Waals surface area contributed by atoms with E-state index in [1.54, 1.807) is 14.0 Å². The molecular weight excluding hydrogens is 254 g/mol. The minimum Gasteiger partial charge on any atom is -0.409 e. The minimum absolute atomic E-state index is 0.0135. The minimum atomic E-state index is -0.487. The molecule has 1 aromatic rings. The van der Waals surface area contributed by atoms with Gasteiger partial charge in [0, 0.05) is 7.05 Å². The summed E-state index contributed by atoms with van der Waals surface area (Å²) in [7, 11) is 1.60. The van der Waals surface area contributed by atoms with E-state index in [1.165, 1.54) is 4.90 Å². The first kappa shape index (κ1) is 14.4. The van der Waals surface area contributed by atoms with E-state index in [0.717, 1.165) is 18.0 Å². The Kier molecular flexibility index (Phi) is 5.02. The van der Waals surface area contributed by atoms with E-state index in [0.29, 0.717) is 17.0 Å². The fourth-order valence-electron chi connectivity index (χ4n) is 1.39. The van der Waals surface area contributed by atoms with Crippen molar-refractivity contribution in [3.05, 3.63) is 10.6 Å². The van der Waals surface area contributed by atoms with Gasteiger partial charge in [-0.1, -0.05) is 23.0 Å². The van der Waals surface area contributed by atoms with Gasteiger partial charge in [0.1, 0.15) is 4.88 Å². The lowest BCUT2D eigenvalue weighted by Gasteiger charge is -2.23. The highest BCUT2D eigenvalue weighted by Gasteiger charge is 2.24. The molecule has 0 saturated carbocycles. The number of hydrogen-bond donors (Lipinski definition) is 2. The maximum atomic E-state index is 12.2. The van der Waals surface area contributed by atoms with E-state index in [4.69, 9.17) is 10.9 Å². The topological polar surface area (TPSA) is 105 Å². The van der Waals surface area contributed by atoms with Crippen molar-refractivity contribution in [2.45, 2.75) is 32.7 Å². The maximum absolute atomic E-state index is 12.2. The number of aryl methyl sites for hydroxylation is 1. The second kappa shape index (κ2) is 6.29. The van der Waals surface area contributed by atoms with Crippen LogP contribution >= 0.6 is 11.5 Å². The molecule has 0 aliphatic carbocycles. The molecule has 0 spiro atoms. The number of amidine groups is 1. The van der Waals surface area contributed by atoms with Gasteiger partial charge in [-0.2, -0.15) is 0 Å². The molecule has 0 aliphatic rings. The Morgan fingerprint density at radius 2 is 2.33 bits per heavy atom. The number of nitrogens with two attached hydrogens (primary N) is 1. The summed E-state index contributed by atoms with van der Waals surface area (Å²) < 4.78 is 3.80. The zero-order valence-corrected chi connectivity index (χ0v) is 11.4. The molecule has 100 valence electrons. The lowest BCUT2D eigenvalue weighted by molar-refractivity contribution is 0.0780. The molecule has 1 amide bonds. The molecular formula is C10H17N5O2S. The first-order valence-electron chi connectivity index (χ1n) is 5.58. The Bertz CT molecular complexity index is 445. The van der Waals surface area contributed by atoms with Crippen molar-refractivity contribution < 1.29 is 10.0 Å². The molecule has 18 heavy (non-hydrogen) atoms. The van der Waals surface area contributed by atoms with Crippen LogP contribution in [0.4, 0.5) is 0 Å². The van der Waals surface area contributed by atoms with Gasteiger partial charge in [0.05, 0.1) is 11.7 Å². The Hall–Kier alpha value is -1.70. The normalized spacial score (nSPS) is 13.4. The van der Waals surface area contributed by atoms with Crippen LogP contribution in [-0.2, 0) is 6.42 Å². The first-order valence-corrected chi connectivity index (χ1v) is 6.36. The quantitative estimate of drug-likeness (QED) is 0.355. The molecule has 0 aliphatic heterocycles. The Morgan fingerprint density at radius 3 is 2.89 bits per heavy atom. The van der Waals surface area contributed by atoms with Crippen LogP contribution in [0.5, 0.6) is 0 Å². The third-order valence-corrected chi connectivity index (χ3v) is 3.44. The molecule has 1 rings (SSSR count). The largest absolute Gasteiger partial charge is 0.409 e. The van der Waals surface area contributed by atoms with Crippen LogP contribution in [0.2, 0.25) is 0 Å². The van der Waals surface area contributed by atoms with Gasteiger partial charge in [0.25, 0.3) is 5.91 Å². The van der Waals surface area contributed by atoms with Crippen LogP contribution in [0.3, 0.4) is 0 Å². The average molecular weight is 271 g/mol. The molecule has 0 bridgehead atoms. The molecule has 1 heterocycles. The third kappa shape index (κ3) is 2.95. The van der Waals surface area contributed by atoms with Crippen LogP contribution < -0.4 is 5.73 Å². The molecule has 1 aromatic heterocycles. The number of carbonyl (C=O) groups excluding carboxylic acids is 1. The van der Waals surface area contributed by atoms with E-state index < -0.39 is 6.04 Å². The molecule has 0 fully saturated rings. The number of carbonyl (C=O) groups is 1. The third-order valence-electron chi connectivity index (χ3n) is 2.68. The fraction of sp³-hybridized carbons (Fsp3) is 0.600. The van der Waals surface area contributed by atoms with E-state index in [-0.39, 0.29) is 11.7 Å². The van der Waals surface area contributed by atoms with Crippen LogP contribution in [0.25, 0.3) is 0 Å². The van der Waals surface area contributed by atoms with Gasteiger partial charge in [-0.05, 0) is 24.9 Å². The highest BCUT2D eigenvalue weighted by Crippen LogP contribution is 2.16. The maximum Gasteiger partial charge on any atom is 0.267 e. The summed E-state index contributed by atoms with van der Waals surface area (Å²) in [6, 6.07) is -0.487. The number of likely N-dealkylation sites (N-methyl/N-ethyl adjacent to an activating group) is 1. The fourth-order valence-corrected chi connectivity index (χ4v) is 2.08. The number of rotatable bonds is 5. The van der Waals surface area contributed by atoms with Gasteiger partial charge < -0.3 is 15.8 Å². The molecule has 1 atom stereocenters.